The van der Waals surface area contributed by atoms with Crippen LogP contribution < -0.4 is 5.32 Å². The summed E-state index contributed by atoms with van der Waals surface area (Å²) >= 11 is 0. The maximum atomic E-state index is 12.5. The molecular formula is C25H31N3O3. The lowest BCUT2D eigenvalue weighted by molar-refractivity contribution is -0.121. The number of benzene rings is 2. The molecule has 3 amide bonds. The Bertz CT molecular complexity index is 966. The molecule has 31 heavy (non-hydrogen) atoms. The van der Waals surface area contributed by atoms with Gasteiger partial charge in [-0.2, -0.15) is 0 Å². The van der Waals surface area contributed by atoms with Gasteiger partial charge in [0.25, 0.3) is 11.8 Å². The first kappa shape index (κ1) is 22.7. The van der Waals surface area contributed by atoms with Crippen molar-refractivity contribution in [3.05, 3.63) is 70.3 Å². The van der Waals surface area contributed by atoms with Gasteiger partial charge in [-0.15, -0.1) is 0 Å². The van der Waals surface area contributed by atoms with Gasteiger partial charge in [0.1, 0.15) is 0 Å². The molecule has 0 unspecified atom stereocenters. The second-order valence-corrected chi connectivity index (χ2v) is 7.92. The van der Waals surface area contributed by atoms with E-state index in [4.69, 9.17) is 0 Å². The molecule has 1 aliphatic heterocycles. The Morgan fingerprint density at radius 3 is 2.35 bits per heavy atom. The average molecular weight is 422 g/mol. The minimum Gasteiger partial charge on any atom is -0.352 e. The number of hydrogen-bond acceptors (Lipinski definition) is 4. The van der Waals surface area contributed by atoms with Gasteiger partial charge in [0.2, 0.25) is 5.91 Å². The standard InChI is InChI=1S/C25H31N3O3/c1-4-27(5-2)17-20-10-7-6-9-19(20)16-26-23(29)11-8-14-28-24(30)21-13-12-18(3)15-22(21)25(28)31/h6-7,9-10,12-13,15H,4-5,8,11,14,16-17H2,1-3H3,(H,26,29). The minimum absolute atomic E-state index is 0.0786. The van der Waals surface area contributed by atoms with Crippen LogP contribution in [0.2, 0.25) is 0 Å². The molecule has 0 aliphatic carbocycles. The third-order valence-corrected chi connectivity index (χ3v) is 5.79. The number of carbonyl (C=O) groups is 3. The molecule has 0 radical (unpaired) electrons. The zero-order chi connectivity index (χ0) is 22.4. The van der Waals surface area contributed by atoms with E-state index in [9.17, 15) is 14.4 Å². The Labute approximate surface area is 184 Å². The number of imide groups is 1. The topological polar surface area (TPSA) is 69.7 Å². The number of hydrogen-bond donors (Lipinski definition) is 1. The summed E-state index contributed by atoms with van der Waals surface area (Å²) in [5.74, 6) is -0.620. The lowest BCUT2D eigenvalue weighted by atomic mass is 10.1. The van der Waals surface area contributed by atoms with Crippen LogP contribution >= 0.6 is 0 Å². The monoisotopic (exact) mass is 421 g/mol. The normalized spacial score (nSPS) is 13.1. The summed E-state index contributed by atoms with van der Waals surface area (Å²) in [6.07, 6.45) is 0.710. The second kappa shape index (κ2) is 10.4. The molecule has 164 valence electrons. The molecule has 0 atom stereocenters. The van der Waals surface area contributed by atoms with E-state index >= 15 is 0 Å². The predicted octanol–water partition coefficient (Wildman–Crippen LogP) is 3.53. The van der Waals surface area contributed by atoms with Crippen LogP contribution in [0.4, 0.5) is 0 Å². The summed E-state index contributed by atoms with van der Waals surface area (Å²) in [4.78, 5) is 40.9. The quantitative estimate of drug-likeness (QED) is 0.596. The molecule has 0 spiro atoms. The molecule has 0 bridgehead atoms. The summed E-state index contributed by atoms with van der Waals surface area (Å²) in [7, 11) is 0. The van der Waals surface area contributed by atoms with E-state index in [1.54, 1.807) is 12.1 Å². The first-order valence-electron chi connectivity index (χ1n) is 11.0. The van der Waals surface area contributed by atoms with Crippen molar-refractivity contribution >= 4 is 17.7 Å². The number of rotatable bonds is 10. The van der Waals surface area contributed by atoms with Gasteiger partial charge in [-0.3, -0.25) is 24.2 Å². The van der Waals surface area contributed by atoms with E-state index in [1.807, 2.05) is 31.2 Å². The van der Waals surface area contributed by atoms with Crippen LogP contribution in [0.25, 0.3) is 0 Å². The van der Waals surface area contributed by atoms with Crippen molar-refractivity contribution in [2.75, 3.05) is 19.6 Å². The SMILES string of the molecule is CCN(CC)Cc1ccccc1CNC(=O)CCCN1C(=O)c2ccc(C)cc2C1=O. The Morgan fingerprint density at radius 2 is 1.65 bits per heavy atom. The van der Waals surface area contributed by atoms with E-state index in [-0.39, 0.29) is 30.7 Å². The van der Waals surface area contributed by atoms with Crippen molar-refractivity contribution < 1.29 is 14.4 Å². The van der Waals surface area contributed by atoms with E-state index in [2.05, 4.69) is 30.1 Å². The van der Waals surface area contributed by atoms with Gasteiger partial charge in [-0.25, -0.2) is 0 Å². The number of carbonyl (C=O) groups excluding carboxylic acids is 3. The summed E-state index contributed by atoms with van der Waals surface area (Å²) < 4.78 is 0. The van der Waals surface area contributed by atoms with Gasteiger partial charge in [-0.1, -0.05) is 49.7 Å². The van der Waals surface area contributed by atoms with Crippen LogP contribution in [-0.4, -0.2) is 47.2 Å². The molecule has 6 heteroatoms. The number of amides is 3. The fraction of sp³-hybridized carbons (Fsp3) is 0.400. The molecular weight excluding hydrogens is 390 g/mol. The number of aryl methyl sites for hydroxylation is 1. The minimum atomic E-state index is -0.272. The zero-order valence-corrected chi connectivity index (χ0v) is 18.6. The third-order valence-electron chi connectivity index (χ3n) is 5.79. The fourth-order valence-corrected chi connectivity index (χ4v) is 3.86. The van der Waals surface area contributed by atoms with Gasteiger partial charge in [0, 0.05) is 26.1 Å². The van der Waals surface area contributed by atoms with Gasteiger partial charge >= 0.3 is 0 Å². The van der Waals surface area contributed by atoms with Crippen molar-refractivity contribution in [3.8, 4) is 0 Å². The van der Waals surface area contributed by atoms with Crippen molar-refractivity contribution in [3.63, 3.8) is 0 Å². The van der Waals surface area contributed by atoms with E-state index < -0.39 is 0 Å². The number of nitrogens with one attached hydrogen (secondary N) is 1. The molecule has 2 aromatic carbocycles. The molecule has 1 aliphatic rings. The van der Waals surface area contributed by atoms with Crippen LogP contribution in [0.5, 0.6) is 0 Å². The highest BCUT2D eigenvalue weighted by Gasteiger charge is 2.34. The first-order chi connectivity index (χ1) is 14.9. The van der Waals surface area contributed by atoms with Crippen LogP contribution in [0.3, 0.4) is 0 Å². The Kier molecular flexibility index (Phi) is 7.58. The van der Waals surface area contributed by atoms with Gasteiger partial charge < -0.3 is 5.32 Å². The lowest BCUT2D eigenvalue weighted by Crippen LogP contribution is -2.32. The zero-order valence-electron chi connectivity index (χ0n) is 18.6. The molecule has 0 saturated carbocycles. The lowest BCUT2D eigenvalue weighted by Gasteiger charge is -2.20. The molecule has 0 aromatic heterocycles. The van der Waals surface area contributed by atoms with Crippen LogP contribution in [0.15, 0.2) is 42.5 Å². The molecule has 6 nitrogen and oxygen atoms in total. The fourth-order valence-electron chi connectivity index (χ4n) is 3.86. The summed E-state index contributed by atoms with van der Waals surface area (Å²) in [5.41, 5.74) is 4.18. The highest BCUT2D eigenvalue weighted by molar-refractivity contribution is 6.21. The summed E-state index contributed by atoms with van der Waals surface area (Å²) in [5, 5.41) is 2.98. The maximum absolute atomic E-state index is 12.5. The highest BCUT2D eigenvalue weighted by atomic mass is 16.2. The molecule has 1 N–H and O–H groups in total. The van der Waals surface area contributed by atoms with E-state index in [0.29, 0.717) is 24.1 Å². The summed E-state index contributed by atoms with van der Waals surface area (Å²) in [6, 6.07) is 13.4. The van der Waals surface area contributed by atoms with Crippen LogP contribution in [0.1, 0.15) is 64.1 Å². The largest absolute Gasteiger partial charge is 0.352 e. The van der Waals surface area contributed by atoms with Gasteiger partial charge in [-0.05, 0) is 49.7 Å². The highest BCUT2D eigenvalue weighted by Crippen LogP contribution is 2.24. The third kappa shape index (κ3) is 5.39. The molecule has 0 saturated heterocycles. The molecule has 1 heterocycles. The predicted molar refractivity (Wildman–Crippen MR) is 121 cm³/mol. The Morgan fingerprint density at radius 1 is 0.968 bits per heavy atom. The van der Waals surface area contributed by atoms with Crippen molar-refractivity contribution in [2.24, 2.45) is 0 Å². The first-order valence-corrected chi connectivity index (χ1v) is 11.0. The molecule has 3 rings (SSSR count). The molecule has 0 fully saturated rings. The average Bonchev–Trinajstić information content (AvgIpc) is 3.00. The van der Waals surface area contributed by atoms with E-state index in [1.165, 1.54) is 10.5 Å². The van der Waals surface area contributed by atoms with E-state index in [0.717, 1.165) is 30.8 Å². The number of nitrogens with zero attached hydrogens (tertiary/aromatic N) is 2. The van der Waals surface area contributed by atoms with Crippen molar-refractivity contribution in [1.29, 1.82) is 0 Å². The van der Waals surface area contributed by atoms with Gasteiger partial charge in [0.05, 0.1) is 11.1 Å². The second-order valence-electron chi connectivity index (χ2n) is 7.92. The Hall–Kier alpha value is -2.99. The van der Waals surface area contributed by atoms with Gasteiger partial charge in [0.15, 0.2) is 0 Å². The Balaban J connectivity index is 1.49. The molecule has 2 aromatic rings. The van der Waals surface area contributed by atoms with Crippen LogP contribution in [-0.2, 0) is 17.9 Å². The number of fused-ring (bicyclic) bond motifs is 1. The van der Waals surface area contributed by atoms with Crippen molar-refractivity contribution in [2.45, 2.75) is 46.7 Å². The summed E-state index contributed by atoms with van der Waals surface area (Å²) in [6.45, 7) is 9.72. The maximum Gasteiger partial charge on any atom is 0.261 e. The van der Waals surface area contributed by atoms with Crippen LogP contribution in [0, 0.1) is 6.92 Å². The van der Waals surface area contributed by atoms with Crippen molar-refractivity contribution in [1.82, 2.24) is 15.1 Å². The smallest absolute Gasteiger partial charge is 0.261 e.